The molecule has 3 atom stereocenters. The highest BCUT2D eigenvalue weighted by Gasteiger charge is 2.48. The van der Waals surface area contributed by atoms with Crippen LogP contribution in [0.25, 0.3) is 0 Å². The number of hydrogen-bond acceptors (Lipinski definition) is 4. The quantitative estimate of drug-likeness (QED) is 0.784. The van der Waals surface area contributed by atoms with Gasteiger partial charge in [0, 0.05) is 18.4 Å². The summed E-state index contributed by atoms with van der Waals surface area (Å²) in [6, 6.07) is 5.42. The molecular formula is C13H14N2O3. The number of amides is 1. The Morgan fingerprint density at radius 3 is 3.17 bits per heavy atom. The summed E-state index contributed by atoms with van der Waals surface area (Å²) in [7, 11) is 0. The Kier molecular flexibility index (Phi) is 2.80. The lowest BCUT2D eigenvalue weighted by Gasteiger charge is -2.31. The van der Waals surface area contributed by atoms with Crippen LogP contribution in [0, 0.1) is 17.2 Å². The predicted molar refractivity (Wildman–Crippen MR) is 61.5 cm³/mol. The molecule has 0 N–H and O–H groups in total. The van der Waals surface area contributed by atoms with Crippen molar-refractivity contribution in [1.29, 1.82) is 5.26 Å². The van der Waals surface area contributed by atoms with Crippen molar-refractivity contribution in [3.63, 3.8) is 0 Å². The van der Waals surface area contributed by atoms with E-state index in [1.165, 1.54) is 0 Å². The first kappa shape index (κ1) is 11.3. The van der Waals surface area contributed by atoms with Crippen LogP contribution in [0.4, 0.5) is 0 Å². The third-order valence-electron chi connectivity index (χ3n) is 3.58. The fraction of sp³-hybridized carbons (Fsp3) is 0.538. The third kappa shape index (κ3) is 1.89. The fourth-order valence-corrected chi connectivity index (χ4v) is 2.47. The zero-order valence-corrected chi connectivity index (χ0v) is 9.91. The van der Waals surface area contributed by atoms with E-state index in [4.69, 9.17) is 14.4 Å². The van der Waals surface area contributed by atoms with Gasteiger partial charge >= 0.3 is 0 Å². The minimum absolute atomic E-state index is 0.0231. The molecule has 0 spiro atoms. The van der Waals surface area contributed by atoms with Crippen molar-refractivity contribution in [3.05, 3.63) is 24.2 Å². The van der Waals surface area contributed by atoms with Crippen LogP contribution >= 0.6 is 0 Å². The van der Waals surface area contributed by atoms with Crippen LogP contribution < -0.4 is 0 Å². The van der Waals surface area contributed by atoms with Gasteiger partial charge in [-0.25, -0.2) is 0 Å². The number of carbonyl (C=O) groups is 1. The van der Waals surface area contributed by atoms with Crippen molar-refractivity contribution in [1.82, 2.24) is 4.90 Å². The largest absolute Gasteiger partial charge is 0.469 e. The van der Waals surface area contributed by atoms with Crippen LogP contribution in [0.1, 0.15) is 18.1 Å². The van der Waals surface area contributed by atoms with Crippen LogP contribution in [0.15, 0.2) is 22.8 Å². The molecular weight excluding hydrogens is 232 g/mol. The molecule has 1 amide bonds. The highest BCUT2D eigenvalue weighted by molar-refractivity contribution is 5.83. The average molecular weight is 246 g/mol. The Balaban J connectivity index is 1.67. The normalized spacial score (nSPS) is 30.8. The van der Waals surface area contributed by atoms with Crippen molar-refractivity contribution < 1.29 is 13.9 Å². The first-order valence-corrected chi connectivity index (χ1v) is 6.12. The monoisotopic (exact) mass is 246 g/mol. The van der Waals surface area contributed by atoms with Crippen LogP contribution in [-0.2, 0) is 9.53 Å². The second-order valence-electron chi connectivity index (χ2n) is 4.72. The maximum absolute atomic E-state index is 12.3. The summed E-state index contributed by atoms with van der Waals surface area (Å²) in [6.07, 6.45) is 2.45. The van der Waals surface area contributed by atoms with E-state index in [1.807, 2.05) is 12.1 Å². The molecule has 1 aromatic heterocycles. The molecule has 3 rings (SSSR count). The Labute approximate surface area is 105 Å². The van der Waals surface area contributed by atoms with Crippen molar-refractivity contribution in [2.75, 3.05) is 19.8 Å². The van der Waals surface area contributed by atoms with Crippen LogP contribution in [-0.4, -0.2) is 36.6 Å². The van der Waals surface area contributed by atoms with Gasteiger partial charge in [0.05, 0.1) is 25.5 Å². The molecule has 1 aliphatic carbocycles. The molecule has 1 saturated heterocycles. The fourth-order valence-electron chi connectivity index (χ4n) is 2.47. The Morgan fingerprint density at radius 1 is 1.56 bits per heavy atom. The Morgan fingerprint density at radius 2 is 2.44 bits per heavy atom. The van der Waals surface area contributed by atoms with E-state index in [2.05, 4.69) is 6.07 Å². The lowest BCUT2D eigenvalue weighted by molar-refractivity contribution is -0.139. The molecule has 18 heavy (non-hydrogen) atoms. The molecule has 0 bridgehead atoms. The van der Waals surface area contributed by atoms with E-state index >= 15 is 0 Å². The van der Waals surface area contributed by atoms with E-state index in [0.29, 0.717) is 19.8 Å². The minimum Gasteiger partial charge on any atom is -0.469 e. The van der Waals surface area contributed by atoms with Gasteiger partial charge in [-0.3, -0.25) is 4.79 Å². The SMILES string of the molecule is N#C[C@@H]1COCCN1C(=O)[C@H]1C[C@H]1c1ccco1. The average Bonchev–Trinajstić information content (AvgIpc) is 3.03. The van der Waals surface area contributed by atoms with Gasteiger partial charge in [-0.2, -0.15) is 5.26 Å². The molecule has 2 heterocycles. The van der Waals surface area contributed by atoms with Gasteiger partial charge in [0.25, 0.3) is 0 Å². The number of furan rings is 1. The zero-order valence-electron chi connectivity index (χ0n) is 9.91. The highest BCUT2D eigenvalue weighted by atomic mass is 16.5. The summed E-state index contributed by atoms with van der Waals surface area (Å²) < 4.78 is 10.5. The predicted octanol–water partition coefficient (Wildman–Crippen LogP) is 1.13. The van der Waals surface area contributed by atoms with E-state index in [9.17, 15) is 4.79 Å². The molecule has 5 heteroatoms. The summed E-state index contributed by atoms with van der Waals surface area (Å²) in [6.45, 7) is 1.35. The molecule has 1 aliphatic heterocycles. The molecule has 94 valence electrons. The van der Waals surface area contributed by atoms with Gasteiger partial charge in [0.15, 0.2) is 0 Å². The number of nitriles is 1. The molecule has 2 aliphatic rings. The maximum atomic E-state index is 12.3. The first-order valence-electron chi connectivity index (χ1n) is 6.12. The molecule has 0 unspecified atom stereocenters. The summed E-state index contributed by atoms with van der Waals surface area (Å²) in [5.41, 5.74) is 0. The molecule has 0 radical (unpaired) electrons. The summed E-state index contributed by atoms with van der Waals surface area (Å²) in [5.74, 6) is 1.10. The van der Waals surface area contributed by atoms with E-state index in [0.717, 1.165) is 12.2 Å². The number of carbonyl (C=O) groups excluding carboxylic acids is 1. The van der Waals surface area contributed by atoms with Gasteiger partial charge in [-0.15, -0.1) is 0 Å². The van der Waals surface area contributed by atoms with Crippen molar-refractivity contribution in [3.8, 4) is 6.07 Å². The number of morpholine rings is 1. The third-order valence-corrected chi connectivity index (χ3v) is 3.58. The lowest BCUT2D eigenvalue weighted by Crippen LogP contribution is -2.48. The summed E-state index contributed by atoms with van der Waals surface area (Å²) in [4.78, 5) is 14.0. The number of rotatable bonds is 2. The van der Waals surface area contributed by atoms with Crippen LogP contribution in [0.5, 0.6) is 0 Å². The molecule has 2 fully saturated rings. The van der Waals surface area contributed by atoms with Gasteiger partial charge in [-0.1, -0.05) is 0 Å². The van der Waals surface area contributed by atoms with Crippen molar-refractivity contribution in [2.24, 2.45) is 5.92 Å². The van der Waals surface area contributed by atoms with E-state index in [-0.39, 0.29) is 17.7 Å². The van der Waals surface area contributed by atoms with Crippen molar-refractivity contribution in [2.45, 2.75) is 18.4 Å². The second kappa shape index (κ2) is 4.46. The number of ether oxygens (including phenoxy) is 1. The van der Waals surface area contributed by atoms with Gasteiger partial charge in [-0.05, 0) is 18.6 Å². The maximum Gasteiger partial charge on any atom is 0.227 e. The number of hydrogen-bond donors (Lipinski definition) is 0. The Hall–Kier alpha value is -1.80. The first-order chi connectivity index (χ1) is 8.81. The molecule has 1 saturated carbocycles. The number of nitrogens with zero attached hydrogens (tertiary/aromatic N) is 2. The van der Waals surface area contributed by atoms with E-state index in [1.54, 1.807) is 11.2 Å². The second-order valence-corrected chi connectivity index (χ2v) is 4.72. The van der Waals surface area contributed by atoms with Gasteiger partial charge < -0.3 is 14.1 Å². The van der Waals surface area contributed by atoms with Gasteiger partial charge in [0.1, 0.15) is 11.8 Å². The smallest absolute Gasteiger partial charge is 0.227 e. The van der Waals surface area contributed by atoms with Gasteiger partial charge in [0.2, 0.25) is 5.91 Å². The standard InChI is InChI=1S/C13H14N2O3/c14-7-9-8-17-5-3-15(9)13(16)11-6-10(11)12-2-1-4-18-12/h1-2,4,9-11H,3,5-6,8H2/t9-,10-,11+/m1/s1. The summed E-state index contributed by atoms with van der Waals surface area (Å²) in [5, 5.41) is 9.02. The van der Waals surface area contributed by atoms with Crippen LogP contribution in [0.3, 0.4) is 0 Å². The van der Waals surface area contributed by atoms with Crippen molar-refractivity contribution >= 4 is 5.91 Å². The van der Waals surface area contributed by atoms with E-state index < -0.39 is 6.04 Å². The minimum atomic E-state index is -0.441. The topological polar surface area (TPSA) is 66.5 Å². The summed E-state index contributed by atoms with van der Waals surface area (Å²) >= 11 is 0. The molecule has 5 nitrogen and oxygen atoms in total. The van der Waals surface area contributed by atoms with Crippen LogP contribution in [0.2, 0.25) is 0 Å². The highest BCUT2D eigenvalue weighted by Crippen LogP contribution is 2.48. The lowest BCUT2D eigenvalue weighted by atomic mass is 10.2. The molecule has 0 aromatic carbocycles. The molecule has 1 aromatic rings. The Bertz CT molecular complexity index is 477. The zero-order chi connectivity index (χ0) is 12.5.